The molecule has 10 nitrogen and oxygen atoms in total. The fraction of sp³-hybridized carbons (Fsp3) is 0.516. The Kier molecular flexibility index (Phi) is 10.5. The van der Waals surface area contributed by atoms with Crippen LogP contribution in [0, 0.1) is 17.2 Å². The normalized spacial score (nSPS) is 23.9. The number of amides is 2. The zero-order chi connectivity index (χ0) is 33.9. The summed E-state index contributed by atoms with van der Waals surface area (Å²) in [6.07, 6.45) is 3.75. The van der Waals surface area contributed by atoms with E-state index in [1.54, 1.807) is 6.92 Å². The molecular weight excluding hydrogens is 636 g/mol. The molecule has 2 amide bonds. The third-order valence-corrected chi connectivity index (χ3v) is 10.2. The van der Waals surface area contributed by atoms with Gasteiger partial charge in [-0.1, -0.05) is 25.3 Å². The molecule has 0 radical (unpaired) electrons. The predicted molar refractivity (Wildman–Crippen MR) is 158 cm³/mol. The molecular formula is C31H36F4N2O8S. The van der Waals surface area contributed by atoms with Gasteiger partial charge in [0.15, 0.2) is 11.6 Å². The first kappa shape index (κ1) is 35.0. The molecule has 2 aromatic carbocycles. The van der Waals surface area contributed by atoms with E-state index in [2.05, 4.69) is 10.6 Å². The molecule has 2 aromatic rings. The SMILES string of the molecule is COc1cc(F)c(O[C@H]2CC[C@@](C)(C(=O)O)CC2)cc1C(=O)N[C@H]1CCCCC[C@H]1C(=O)Nc1cccc(S(=O)(=O)C(F)(F)F)c1. The second-order valence-corrected chi connectivity index (χ2v) is 13.9. The van der Waals surface area contributed by atoms with Crippen LogP contribution in [-0.2, 0) is 19.4 Å². The maximum atomic E-state index is 15.0. The number of carboxylic acids is 1. The maximum absolute atomic E-state index is 15.0. The van der Waals surface area contributed by atoms with Gasteiger partial charge in [-0.15, -0.1) is 0 Å². The Labute approximate surface area is 263 Å². The Morgan fingerprint density at radius 1 is 0.978 bits per heavy atom. The van der Waals surface area contributed by atoms with Gasteiger partial charge in [0.25, 0.3) is 15.7 Å². The fourth-order valence-electron chi connectivity index (χ4n) is 5.86. The first-order chi connectivity index (χ1) is 21.6. The molecule has 2 aliphatic carbocycles. The summed E-state index contributed by atoms with van der Waals surface area (Å²) in [7, 11) is -4.38. The highest BCUT2D eigenvalue weighted by atomic mass is 32.2. The van der Waals surface area contributed by atoms with Gasteiger partial charge in [-0.25, -0.2) is 12.8 Å². The van der Waals surface area contributed by atoms with Crippen LogP contribution >= 0.6 is 0 Å². The van der Waals surface area contributed by atoms with Crippen LogP contribution in [0.4, 0.5) is 23.2 Å². The van der Waals surface area contributed by atoms with Gasteiger partial charge < -0.3 is 25.2 Å². The smallest absolute Gasteiger partial charge is 0.496 e. The minimum atomic E-state index is -5.63. The molecule has 2 fully saturated rings. The number of alkyl halides is 3. The number of hydrogen-bond acceptors (Lipinski definition) is 7. The molecule has 0 bridgehead atoms. The highest BCUT2D eigenvalue weighted by Crippen LogP contribution is 2.39. The van der Waals surface area contributed by atoms with Crippen molar-refractivity contribution in [2.75, 3.05) is 12.4 Å². The van der Waals surface area contributed by atoms with Crippen molar-refractivity contribution < 1.29 is 54.9 Å². The van der Waals surface area contributed by atoms with Crippen LogP contribution in [-0.4, -0.2) is 56.1 Å². The second kappa shape index (κ2) is 13.9. The van der Waals surface area contributed by atoms with E-state index in [4.69, 9.17) is 9.47 Å². The maximum Gasteiger partial charge on any atom is 0.501 e. The lowest BCUT2D eigenvalue weighted by molar-refractivity contribution is -0.150. The van der Waals surface area contributed by atoms with E-state index >= 15 is 0 Å². The van der Waals surface area contributed by atoms with Crippen LogP contribution in [0.1, 0.15) is 75.1 Å². The molecule has 3 N–H and O–H groups in total. The lowest BCUT2D eigenvalue weighted by atomic mass is 9.75. The first-order valence-corrected chi connectivity index (χ1v) is 16.3. The van der Waals surface area contributed by atoms with Crippen molar-refractivity contribution in [3.63, 3.8) is 0 Å². The molecule has 0 saturated heterocycles. The van der Waals surface area contributed by atoms with Crippen LogP contribution in [0.25, 0.3) is 0 Å². The van der Waals surface area contributed by atoms with Crippen LogP contribution < -0.4 is 20.1 Å². The quantitative estimate of drug-likeness (QED) is 0.222. The molecule has 46 heavy (non-hydrogen) atoms. The number of benzene rings is 2. The number of carbonyl (C=O) groups excluding carboxylic acids is 2. The number of hydrogen-bond donors (Lipinski definition) is 3. The van der Waals surface area contributed by atoms with Crippen LogP contribution in [0.15, 0.2) is 41.3 Å². The van der Waals surface area contributed by atoms with Gasteiger partial charge in [0, 0.05) is 17.8 Å². The van der Waals surface area contributed by atoms with Gasteiger partial charge in [0.05, 0.1) is 35.0 Å². The summed E-state index contributed by atoms with van der Waals surface area (Å²) in [5.41, 5.74) is -6.62. The average molecular weight is 673 g/mol. The average Bonchev–Trinajstić information content (AvgIpc) is 3.24. The molecule has 0 aromatic heterocycles. The molecule has 15 heteroatoms. The summed E-state index contributed by atoms with van der Waals surface area (Å²) in [5.74, 6) is -4.08. The fourth-order valence-corrected chi connectivity index (χ4v) is 6.67. The highest BCUT2D eigenvalue weighted by Gasteiger charge is 2.47. The van der Waals surface area contributed by atoms with Gasteiger partial charge in [-0.2, -0.15) is 13.2 Å². The Bertz CT molecular complexity index is 1570. The van der Waals surface area contributed by atoms with Gasteiger partial charge >= 0.3 is 11.5 Å². The minimum Gasteiger partial charge on any atom is -0.496 e. The predicted octanol–water partition coefficient (Wildman–Crippen LogP) is 5.86. The molecule has 252 valence electrons. The summed E-state index contributed by atoms with van der Waals surface area (Å²) in [6, 6.07) is 5.34. The number of aliphatic carboxylic acids is 1. The van der Waals surface area contributed by atoms with Gasteiger partial charge in [-0.3, -0.25) is 14.4 Å². The van der Waals surface area contributed by atoms with Gasteiger partial charge in [-0.05, 0) is 69.7 Å². The number of rotatable bonds is 9. The van der Waals surface area contributed by atoms with Crippen molar-refractivity contribution in [1.82, 2.24) is 5.32 Å². The van der Waals surface area contributed by atoms with Crippen molar-refractivity contribution in [3.05, 3.63) is 47.8 Å². The highest BCUT2D eigenvalue weighted by molar-refractivity contribution is 7.92. The molecule has 2 saturated carbocycles. The third-order valence-electron chi connectivity index (χ3n) is 8.73. The van der Waals surface area contributed by atoms with Crippen molar-refractivity contribution in [2.45, 2.75) is 87.3 Å². The monoisotopic (exact) mass is 672 g/mol. The lowest BCUT2D eigenvalue weighted by Crippen LogP contribution is -2.44. The number of methoxy groups -OCH3 is 1. The van der Waals surface area contributed by atoms with E-state index in [1.165, 1.54) is 19.2 Å². The molecule has 2 aliphatic rings. The Hall–Kier alpha value is -3.88. The van der Waals surface area contributed by atoms with Crippen LogP contribution in [0.3, 0.4) is 0 Å². The standard InChI is InChI=1S/C31H36F4N2O8S/c1-30(29(40)41)13-11-19(12-14-30)45-26-16-22(25(44-2)17-23(26)32)28(39)37-24-10-5-3-4-9-21(24)27(38)36-18-7-6-8-20(15-18)46(42,43)31(33,34)35/h6-8,15-17,19,21,24H,3-5,9-14H2,1-2H3,(H,36,38)(H,37,39)(H,40,41)/t19-,21-,24+,30+/m1/s1. The zero-order valence-corrected chi connectivity index (χ0v) is 26.1. The number of halogens is 4. The number of sulfone groups is 1. The Morgan fingerprint density at radius 2 is 1.65 bits per heavy atom. The number of ether oxygens (including phenoxy) is 2. The second-order valence-electron chi connectivity index (χ2n) is 12.0. The van der Waals surface area contributed by atoms with Crippen molar-refractivity contribution in [3.8, 4) is 11.5 Å². The molecule has 0 aliphatic heterocycles. The summed E-state index contributed by atoms with van der Waals surface area (Å²) in [5, 5.41) is 14.8. The summed E-state index contributed by atoms with van der Waals surface area (Å²) >= 11 is 0. The van der Waals surface area contributed by atoms with Crippen LogP contribution in [0.2, 0.25) is 0 Å². The van der Waals surface area contributed by atoms with E-state index in [0.717, 1.165) is 30.7 Å². The van der Waals surface area contributed by atoms with E-state index in [9.17, 15) is 45.5 Å². The largest absolute Gasteiger partial charge is 0.501 e. The zero-order valence-electron chi connectivity index (χ0n) is 25.3. The number of nitrogens with one attached hydrogen (secondary N) is 2. The first-order valence-electron chi connectivity index (χ1n) is 14.9. The summed E-state index contributed by atoms with van der Waals surface area (Å²) in [4.78, 5) is 37.5. The van der Waals surface area contributed by atoms with E-state index < -0.39 is 67.3 Å². The van der Waals surface area contributed by atoms with E-state index in [-0.39, 0.29) is 22.7 Å². The summed E-state index contributed by atoms with van der Waals surface area (Å²) < 4.78 is 89.0. The number of carboxylic acid groups (broad SMARTS) is 1. The summed E-state index contributed by atoms with van der Waals surface area (Å²) in [6.45, 7) is 1.65. The minimum absolute atomic E-state index is 0.0569. The van der Waals surface area contributed by atoms with Crippen LogP contribution in [0.5, 0.6) is 11.5 Å². The molecule has 0 spiro atoms. The Balaban J connectivity index is 1.51. The lowest BCUT2D eigenvalue weighted by Gasteiger charge is -2.34. The molecule has 0 unspecified atom stereocenters. The topological polar surface area (TPSA) is 148 Å². The number of anilines is 1. The van der Waals surface area contributed by atoms with Crippen molar-refractivity contribution in [2.24, 2.45) is 11.3 Å². The number of carbonyl (C=O) groups is 3. The third kappa shape index (κ3) is 7.73. The molecule has 4 rings (SSSR count). The van der Waals surface area contributed by atoms with E-state index in [0.29, 0.717) is 51.4 Å². The molecule has 0 heterocycles. The van der Waals surface area contributed by atoms with Gasteiger partial charge in [0.1, 0.15) is 5.75 Å². The van der Waals surface area contributed by atoms with Gasteiger partial charge in [0.2, 0.25) is 5.91 Å². The molecule has 2 atom stereocenters. The Morgan fingerprint density at radius 3 is 2.28 bits per heavy atom. The van der Waals surface area contributed by atoms with Crippen molar-refractivity contribution in [1.29, 1.82) is 0 Å². The van der Waals surface area contributed by atoms with E-state index in [1.807, 2.05) is 0 Å². The van der Waals surface area contributed by atoms with Crippen molar-refractivity contribution >= 4 is 33.3 Å².